The number of hydrogen-bond donors (Lipinski definition) is 1. The van der Waals surface area contributed by atoms with Gasteiger partial charge < -0.3 is 10.2 Å². The van der Waals surface area contributed by atoms with Gasteiger partial charge in [-0.3, -0.25) is 4.99 Å². The number of benzene rings is 1. The van der Waals surface area contributed by atoms with Crippen LogP contribution >= 0.6 is 0 Å². The molecular formula is C16H23N3. The fourth-order valence-electron chi connectivity index (χ4n) is 2.85. The molecule has 1 aromatic carbocycles. The minimum absolute atomic E-state index is 0.687. The molecule has 1 saturated heterocycles. The van der Waals surface area contributed by atoms with Crippen LogP contribution in [0.2, 0.25) is 0 Å². The molecule has 1 aliphatic carbocycles. The van der Waals surface area contributed by atoms with Crippen LogP contribution < -0.4 is 5.32 Å². The molecule has 2 fully saturated rings. The third-order valence-electron chi connectivity index (χ3n) is 4.07. The summed E-state index contributed by atoms with van der Waals surface area (Å²) >= 11 is 0. The average Bonchev–Trinajstić information content (AvgIpc) is 3.15. The Hall–Kier alpha value is -1.51. The summed E-state index contributed by atoms with van der Waals surface area (Å²) < 4.78 is 0. The van der Waals surface area contributed by atoms with Gasteiger partial charge in [-0.1, -0.05) is 30.3 Å². The molecular weight excluding hydrogens is 234 g/mol. The van der Waals surface area contributed by atoms with Crippen LogP contribution in [0.4, 0.5) is 0 Å². The number of guanidine groups is 1. The highest BCUT2D eigenvalue weighted by Gasteiger charge is 2.28. The predicted molar refractivity (Wildman–Crippen MR) is 79.3 cm³/mol. The standard InChI is InChI=1S/C16H23N3/c1-17-16(18-15-7-8-15)19-10-9-14(12-19)11-13-5-3-2-4-6-13/h2-6,14-15H,7-12H2,1H3,(H,17,18). The first kappa shape index (κ1) is 12.5. The number of likely N-dealkylation sites (tertiary alicyclic amines) is 1. The van der Waals surface area contributed by atoms with Crippen LogP contribution in [0.25, 0.3) is 0 Å². The largest absolute Gasteiger partial charge is 0.354 e. The van der Waals surface area contributed by atoms with Gasteiger partial charge in [-0.25, -0.2) is 0 Å². The third-order valence-corrected chi connectivity index (χ3v) is 4.07. The van der Waals surface area contributed by atoms with Gasteiger partial charge in [0.25, 0.3) is 0 Å². The van der Waals surface area contributed by atoms with Gasteiger partial charge in [0.05, 0.1) is 0 Å². The molecule has 1 unspecified atom stereocenters. The van der Waals surface area contributed by atoms with Gasteiger partial charge in [-0.15, -0.1) is 0 Å². The zero-order valence-electron chi connectivity index (χ0n) is 11.7. The van der Waals surface area contributed by atoms with Crippen molar-refractivity contribution in [2.45, 2.75) is 31.7 Å². The highest BCUT2D eigenvalue weighted by atomic mass is 15.3. The van der Waals surface area contributed by atoms with Crippen molar-refractivity contribution in [2.24, 2.45) is 10.9 Å². The first-order chi connectivity index (χ1) is 9.35. The summed E-state index contributed by atoms with van der Waals surface area (Å²) in [5, 5.41) is 3.54. The maximum atomic E-state index is 4.42. The minimum atomic E-state index is 0.687. The highest BCUT2D eigenvalue weighted by molar-refractivity contribution is 5.80. The van der Waals surface area contributed by atoms with Crippen molar-refractivity contribution < 1.29 is 0 Å². The van der Waals surface area contributed by atoms with E-state index in [1.54, 1.807) is 0 Å². The van der Waals surface area contributed by atoms with E-state index in [1.807, 2.05) is 7.05 Å². The lowest BCUT2D eigenvalue weighted by atomic mass is 9.99. The van der Waals surface area contributed by atoms with Gasteiger partial charge in [-0.2, -0.15) is 0 Å². The van der Waals surface area contributed by atoms with Crippen molar-refractivity contribution >= 4 is 5.96 Å². The lowest BCUT2D eigenvalue weighted by Gasteiger charge is -2.21. The first-order valence-corrected chi connectivity index (χ1v) is 7.37. The number of nitrogens with zero attached hydrogens (tertiary/aromatic N) is 2. The Balaban J connectivity index is 1.54. The Bertz CT molecular complexity index is 437. The second-order valence-electron chi connectivity index (χ2n) is 5.76. The number of rotatable bonds is 3. The Morgan fingerprint density at radius 2 is 2.05 bits per heavy atom. The molecule has 3 rings (SSSR count). The topological polar surface area (TPSA) is 27.6 Å². The average molecular weight is 257 g/mol. The SMILES string of the molecule is CN=C(NC1CC1)N1CCC(Cc2ccccc2)C1. The van der Waals surface area contributed by atoms with Crippen LogP contribution in [0.5, 0.6) is 0 Å². The van der Waals surface area contributed by atoms with E-state index in [2.05, 4.69) is 45.5 Å². The van der Waals surface area contributed by atoms with E-state index in [0.717, 1.165) is 25.0 Å². The summed E-state index contributed by atoms with van der Waals surface area (Å²) in [5.41, 5.74) is 1.46. The third kappa shape index (κ3) is 3.28. The molecule has 1 saturated carbocycles. The Kier molecular flexibility index (Phi) is 3.72. The van der Waals surface area contributed by atoms with E-state index in [9.17, 15) is 0 Å². The molecule has 3 heteroatoms. The highest BCUT2D eigenvalue weighted by Crippen LogP contribution is 2.23. The number of nitrogens with one attached hydrogen (secondary N) is 1. The molecule has 0 aromatic heterocycles. The van der Waals surface area contributed by atoms with Crippen LogP contribution in [-0.4, -0.2) is 37.0 Å². The summed E-state index contributed by atoms with van der Waals surface area (Å²) in [4.78, 5) is 6.85. The molecule has 1 heterocycles. The van der Waals surface area contributed by atoms with E-state index in [0.29, 0.717) is 6.04 Å². The van der Waals surface area contributed by atoms with E-state index >= 15 is 0 Å². The van der Waals surface area contributed by atoms with Crippen LogP contribution in [0, 0.1) is 5.92 Å². The Morgan fingerprint density at radius 3 is 2.74 bits per heavy atom. The van der Waals surface area contributed by atoms with E-state index in [1.165, 1.54) is 31.2 Å². The second kappa shape index (κ2) is 5.64. The van der Waals surface area contributed by atoms with Crippen LogP contribution in [0.3, 0.4) is 0 Å². The normalized spacial score (nSPS) is 23.7. The molecule has 1 N–H and O–H groups in total. The van der Waals surface area contributed by atoms with Crippen LogP contribution in [0.1, 0.15) is 24.8 Å². The Labute approximate surface area is 115 Å². The summed E-state index contributed by atoms with van der Waals surface area (Å²) in [5.74, 6) is 1.87. The fraction of sp³-hybridized carbons (Fsp3) is 0.562. The van der Waals surface area contributed by atoms with Gasteiger partial charge in [0, 0.05) is 26.2 Å². The summed E-state index contributed by atoms with van der Waals surface area (Å²) in [7, 11) is 1.90. The van der Waals surface area contributed by atoms with Gasteiger partial charge in [0.2, 0.25) is 0 Å². The van der Waals surface area contributed by atoms with Crippen LogP contribution in [0.15, 0.2) is 35.3 Å². The molecule has 1 atom stereocenters. The maximum Gasteiger partial charge on any atom is 0.193 e. The second-order valence-corrected chi connectivity index (χ2v) is 5.76. The van der Waals surface area contributed by atoms with E-state index in [4.69, 9.17) is 0 Å². The maximum absolute atomic E-state index is 4.42. The molecule has 102 valence electrons. The first-order valence-electron chi connectivity index (χ1n) is 7.37. The smallest absolute Gasteiger partial charge is 0.193 e. The zero-order valence-corrected chi connectivity index (χ0v) is 11.7. The quantitative estimate of drug-likeness (QED) is 0.664. The molecule has 1 aromatic rings. The van der Waals surface area contributed by atoms with Gasteiger partial charge >= 0.3 is 0 Å². The molecule has 0 bridgehead atoms. The predicted octanol–water partition coefficient (Wildman–Crippen LogP) is 2.29. The van der Waals surface area contributed by atoms with E-state index in [-0.39, 0.29) is 0 Å². The molecule has 19 heavy (non-hydrogen) atoms. The number of aliphatic imine (C=N–C) groups is 1. The van der Waals surface area contributed by atoms with Gasteiger partial charge in [-0.05, 0) is 37.2 Å². The number of hydrogen-bond acceptors (Lipinski definition) is 1. The minimum Gasteiger partial charge on any atom is -0.354 e. The lowest BCUT2D eigenvalue weighted by Crippen LogP contribution is -2.41. The van der Waals surface area contributed by atoms with E-state index < -0.39 is 0 Å². The summed E-state index contributed by atoms with van der Waals surface area (Å²) in [6, 6.07) is 11.5. The molecule has 0 amide bonds. The van der Waals surface area contributed by atoms with Crippen molar-refractivity contribution in [3.05, 3.63) is 35.9 Å². The molecule has 2 aliphatic rings. The van der Waals surface area contributed by atoms with Crippen molar-refractivity contribution in [3.63, 3.8) is 0 Å². The molecule has 0 spiro atoms. The molecule has 0 radical (unpaired) electrons. The molecule has 1 aliphatic heterocycles. The molecule has 3 nitrogen and oxygen atoms in total. The zero-order chi connectivity index (χ0) is 13.1. The summed E-state index contributed by atoms with van der Waals surface area (Å²) in [6.07, 6.45) is 5.08. The van der Waals surface area contributed by atoms with Crippen molar-refractivity contribution in [1.29, 1.82) is 0 Å². The van der Waals surface area contributed by atoms with Crippen molar-refractivity contribution in [1.82, 2.24) is 10.2 Å². The monoisotopic (exact) mass is 257 g/mol. The lowest BCUT2D eigenvalue weighted by molar-refractivity contribution is 0.459. The van der Waals surface area contributed by atoms with Crippen molar-refractivity contribution in [3.8, 4) is 0 Å². The van der Waals surface area contributed by atoms with Crippen molar-refractivity contribution in [2.75, 3.05) is 20.1 Å². The van der Waals surface area contributed by atoms with Gasteiger partial charge in [0.1, 0.15) is 0 Å². The van der Waals surface area contributed by atoms with Crippen LogP contribution in [-0.2, 0) is 6.42 Å². The fourth-order valence-corrected chi connectivity index (χ4v) is 2.85. The summed E-state index contributed by atoms with van der Waals surface area (Å²) in [6.45, 7) is 2.28. The van der Waals surface area contributed by atoms with Gasteiger partial charge in [0.15, 0.2) is 5.96 Å². The Morgan fingerprint density at radius 1 is 1.26 bits per heavy atom.